The fraction of sp³-hybridized carbons (Fsp3) is 0.857. The van der Waals surface area contributed by atoms with Crippen LogP contribution in [0.4, 0.5) is 0 Å². The van der Waals surface area contributed by atoms with Crippen LogP contribution in [0.15, 0.2) is 0 Å². The second-order valence-corrected chi connectivity index (χ2v) is 2.98. The van der Waals surface area contributed by atoms with Crippen molar-refractivity contribution >= 4 is 6.41 Å². The van der Waals surface area contributed by atoms with Gasteiger partial charge in [-0.2, -0.15) is 0 Å². The lowest BCUT2D eigenvalue weighted by Gasteiger charge is -2.26. The molecular formula is C7H14N2O. The smallest absolute Gasteiger partial charge is 0.207 e. The van der Waals surface area contributed by atoms with Crippen LogP contribution in [-0.4, -0.2) is 25.5 Å². The third-order valence-corrected chi connectivity index (χ3v) is 1.87. The van der Waals surface area contributed by atoms with E-state index in [0.717, 1.165) is 25.9 Å². The highest BCUT2D eigenvalue weighted by Crippen LogP contribution is 2.08. The highest BCUT2D eigenvalue weighted by molar-refractivity contribution is 5.46. The highest BCUT2D eigenvalue weighted by Gasteiger charge is 2.16. The summed E-state index contributed by atoms with van der Waals surface area (Å²) < 4.78 is 0. The van der Waals surface area contributed by atoms with E-state index in [-0.39, 0.29) is 0 Å². The number of carbonyl (C=O) groups excluding carboxylic acids is 1. The van der Waals surface area contributed by atoms with E-state index in [4.69, 9.17) is 0 Å². The summed E-state index contributed by atoms with van der Waals surface area (Å²) in [5.41, 5.74) is 0. The summed E-state index contributed by atoms with van der Waals surface area (Å²) in [5, 5.41) is 6.02. The molecule has 3 nitrogen and oxygen atoms in total. The van der Waals surface area contributed by atoms with Gasteiger partial charge in [0.15, 0.2) is 0 Å². The average molecular weight is 142 g/mol. The minimum atomic E-state index is 0.348. The molecule has 0 bridgehead atoms. The van der Waals surface area contributed by atoms with Gasteiger partial charge in [-0.25, -0.2) is 0 Å². The highest BCUT2D eigenvalue weighted by atomic mass is 16.1. The number of rotatable bonds is 2. The summed E-state index contributed by atoms with van der Waals surface area (Å²) in [7, 11) is 0. The van der Waals surface area contributed by atoms with Gasteiger partial charge in [-0.05, 0) is 18.9 Å². The predicted octanol–water partition coefficient (Wildman–Crippen LogP) is -0.270. The van der Waals surface area contributed by atoms with E-state index in [1.165, 1.54) is 0 Å². The molecule has 1 saturated heterocycles. The van der Waals surface area contributed by atoms with Crippen molar-refractivity contribution < 1.29 is 4.79 Å². The Kier molecular flexibility index (Phi) is 2.68. The number of carbonyl (C=O) groups is 1. The zero-order chi connectivity index (χ0) is 7.40. The molecule has 0 aliphatic carbocycles. The molecule has 3 heteroatoms. The van der Waals surface area contributed by atoms with Crippen LogP contribution in [0, 0.1) is 5.92 Å². The summed E-state index contributed by atoms with van der Waals surface area (Å²) >= 11 is 0. The number of piperidine rings is 1. The van der Waals surface area contributed by atoms with E-state index in [1.807, 2.05) is 0 Å². The first kappa shape index (κ1) is 7.54. The molecule has 0 aromatic rings. The largest absolute Gasteiger partial charge is 0.355 e. The fourth-order valence-electron chi connectivity index (χ4n) is 1.38. The van der Waals surface area contributed by atoms with Gasteiger partial charge >= 0.3 is 0 Å². The van der Waals surface area contributed by atoms with E-state index < -0.39 is 0 Å². The van der Waals surface area contributed by atoms with E-state index in [0.29, 0.717) is 12.0 Å². The minimum Gasteiger partial charge on any atom is -0.355 e. The van der Waals surface area contributed by atoms with Gasteiger partial charge in [-0.3, -0.25) is 4.79 Å². The van der Waals surface area contributed by atoms with Gasteiger partial charge < -0.3 is 10.6 Å². The Morgan fingerprint density at radius 2 is 2.40 bits per heavy atom. The number of hydrogen-bond acceptors (Lipinski definition) is 2. The molecule has 58 valence electrons. The molecule has 0 spiro atoms. The Labute approximate surface area is 61.2 Å². The molecule has 1 aliphatic heterocycles. The molecule has 1 aliphatic rings. The van der Waals surface area contributed by atoms with Crippen molar-refractivity contribution in [2.45, 2.75) is 19.4 Å². The van der Waals surface area contributed by atoms with Gasteiger partial charge in [0, 0.05) is 12.6 Å². The number of hydrogen-bond donors (Lipinski definition) is 2. The van der Waals surface area contributed by atoms with Crippen LogP contribution in [0.5, 0.6) is 0 Å². The number of amides is 1. The second kappa shape index (κ2) is 3.56. The summed E-state index contributed by atoms with van der Waals surface area (Å²) in [6, 6.07) is 0.348. The molecule has 1 heterocycles. The second-order valence-electron chi connectivity index (χ2n) is 2.98. The van der Waals surface area contributed by atoms with Crippen LogP contribution in [0.2, 0.25) is 0 Å². The van der Waals surface area contributed by atoms with E-state index in [2.05, 4.69) is 17.6 Å². The summed E-state index contributed by atoms with van der Waals surface area (Å²) in [4.78, 5) is 10.0. The van der Waals surface area contributed by atoms with Crippen LogP contribution < -0.4 is 10.6 Å². The maximum absolute atomic E-state index is 10.0. The lowest BCUT2D eigenvalue weighted by Crippen LogP contribution is -2.45. The van der Waals surface area contributed by atoms with Gasteiger partial charge in [0.25, 0.3) is 0 Å². The minimum absolute atomic E-state index is 0.348. The van der Waals surface area contributed by atoms with Crippen LogP contribution in [0.1, 0.15) is 13.3 Å². The quantitative estimate of drug-likeness (QED) is 0.521. The SMILES string of the molecule is CC1CNCC(NC=O)C1. The molecule has 1 rings (SSSR count). The Bertz CT molecular complexity index is 116. The third-order valence-electron chi connectivity index (χ3n) is 1.87. The molecule has 2 atom stereocenters. The van der Waals surface area contributed by atoms with Crippen molar-refractivity contribution in [1.29, 1.82) is 0 Å². The van der Waals surface area contributed by atoms with Crippen molar-refractivity contribution in [3.63, 3.8) is 0 Å². The first-order valence-electron chi connectivity index (χ1n) is 3.73. The van der Waals surface area contributed by atoms with E-state index in [9.17, 15) is 4.79 Å². The van der Waals surface area contributed by atoms with E-state index >= 15 is 0 Å². The maximum Gasteiger partial charge on any atom is 0.207 e. The van der Waals surface area contributed by atoms with Gasteiger partial charge in [0.1, 0.15) is 0 Å². The van der Waals surface area contributed by atoms with Crippen LogP contribution in [0.3, 0.4) is 0 Å². The molecular weight excluding hydrogens is 128 g/mol. The predicted molar refractivity (Wildman–Crippen MR) is 39.6 cm³/mol. The summed E-state index contributed by atoms with van der Waals surface area (Å²) in [6.45, 7) is 4.19. The standard InChI is InChI=1S/C7H14N2O/c1-6-2-7(9-5-10)4-8-3-6/h5-8H,2-4H2,1H3,(H,9,10). The van der Waals surface area contributed by atoms with Crippen molar-refractivity contribution in [2.24, 2.45) is 5.92 Å². The molecule has 2 N–H and O–H groups in total. The fourth-order valence-corrected chi connectivity index (χ4v) is 1.38. The Morgan fingerprint density at radius 1 is 1.60 bits per heavy atom. The monoisotopic (exact) mass is 142 g/mol. The van der Waals surface area contributed by atoms with Crippen molar-refractivity contribution in [2.75, 3.05) is 13.1 Å². The Balaban J connectivity index is 2.24. The first-order valence-corrected chi connectivity index (χ1v) is 3.73. The molecule has 0 aromatic heterocycles. The normalized spacial score (nSPS) is 33.3. The molecule has 2 unspecified atom stereocenters. The topological polar surface area (TPSA) is 41.1 Å². The van der Waals surface area contributed by atoms with Crippen LogP contribution in [0.25, 0.3) is 0 Å². The van der Waals surface area contributed by atoms with Gasteiger partial charge in [-0.1, -0.05) is 6.92 Å². The molecule has 1 fully saturated rings. The van der Waals surface area contributed by atoms with E-state index in [1.54, 1.807) is 0 Å². The number of nitrogens with one attached hydrogen (secondary N) is 2. The van der Waals surface area contributed by atoms with Crippen LogP contribution in [-0.2, 0) is 4.79 Å². The maximum atomic E-state index is 10.0. The van der Waals surface area contributed by atoms with Crippen LogP contribution >= 0.6 is 0 Å². The van der Waals surface area contributed by atoms with Crippen molar-refractivity contribution in [3.05, 3.63) is 0 Å². The molecule has 0 aromatic carbocycles. The molecule has 0 saturated carbocycles. The summed E-state index contributed by atoms with van der Waals surface area (Å²) in [6.07, 6.45) is 1.89. The van der Waals surface area contributed by atoms with Gasteiger partial charge in [-0.15, -0.1) is 0 Å². The molecule has 1 amide bonds. The lowest BCUT2D eigenvalue weighted by molar-refractivity contribution is -0.110. The first-order chi connectivity index (χ1) is 4.83. The van der Waals surface area contributed by atoms with Crippen molar-refractivity contribution in [3.8, 4) is 0 Å². The average Bonchev–Trinajstić information content (AvgIpc) is 1.88. The summed E-state index contributed by atoms with van der Waals surface area (Å²) in [5.74, 6) is 0.686. The lowest BCUT2D eigenvalue weighted by atomic mass is 9.98. The van der Waals surface area contributed by atoms with Crippen molar-refractivity contribution in [1.82, 2.24) is 10.6 Å². The Morgan fingerprint density at radius 3 is 3.00 bits per heavy atom. The third kappa shape index (κ3) is 1.99. The molecule has 0 radical (unpaired) electrons. The zero-order valence-corrected chi connectivity index (χ0v) is 6.26. The van der Waals surface area contributed by atoms with Gasteiger partial charge in [0.2, 0.25) is 6.41 Å². The Hall–Kier alpha value is -0.570. The zero-order valence-electron chi connectivity index (χ0n) is 6.26. The molecule has 10 heavy (non-hydrogen) atoms. The van der Waals surface area contributed by atoms with Gasteiger partial charge in [0.05, 0.1) is 0 Å².